The number of carbonyl (C=O) groups excluding carboxylic acids is 2. The fourth-order valence-electron chi connectivity index (χ4n) is 2.57. The van der Waals surface area contributed by atoms with Gasteiger partial charge in [-0.25, -0.2) is 0 Å². The summed E-state index contributed by atoms with van der Waals surface area (Å²) < 4.78 is 0. The van der Waals surface area contributed by atoms with Crippen LogP contribution in [0.1, 0.15) is 46.4 Å². The van der Waals surface area contributed by atoms with Gasteiger partial charge >= 0.3 is 5.97 Å². The number of carbonyl (C=O) groups is 3. The highest BCUT2D eigenvalue weighted by atomic mass is 16.4. The molecule has 0 atom stereocenters. The highest BCUT2D eigenvalue weighted by Crippen LogP contribution is 2.35. The molecule has 6 heteroatoms. The lowest BCUT2D eigenvalue weighted by atomic mass is 9.74. The maximum absolute atomic E-state index is 12.3. The van der Waals surface area contributed by atoms with Gasteiger partial charge in [-0.1, -0.05) is 0 Å². The van der Waals surface area contributed by atoms with E-state index in [1.807, 2.05) is 0 Å². The molecule has 0 aromatic heterocycles. The highest BCUT2D eigenvalue weighted by molar-refractivity contribution is 5.98. The lowest BCUT2D eigenvalue weighted by Gasteiger charge is -2.41. The molecule has 0 bridgehead atoms. The number of carboxylic acid groups (broad SMARTS) is 1. The van der Waals surface area contributed by atoms with E-state index in [2.05, 4.69) is 5.32 Å². The van der Waals surface area contributed by atoms with Gasteiger partial charge in [0.15, 0.2) is 0 Å². The minimum Gasteiger partial charge on any atom is -0.481 e. The van der Waals surface area contributed by atoms with Crippen molar-refractivity contribution in [3.05, 3.63) is 35.4 Å². The minimum atomic E-state index is -0.910. The predicted molar refractivity (Wildman–Crippen MR) is 80.8 cm³/mol. The number of amides is 2. The number of hydrogen-bond acceptors (Lipinski definition) is 3. The standard InChI is InChI=1S/C16H20N2O4/c1-18(2)15(22)12-6-4-11(5-7-12)14(21)17-16(8-3-9-16)10-13(19)20/h4-7H,3,8-10H2,1-2H3,(H,17,21)(H,19,20). The topological polar surface area (TPSA) is 86.7 Å². The highest BCUT2D eigenvalue weighted by Gasteiger charge is 2.40. The van der Waals surface area contributed by atoms with Crippen LogP contribution in [0.4, 0.5) is 0 Å². The SMILES string of the molecule is CN(C)C(=O)c1ccc(C(=O)NC2(CC(=O)O)CCC2)cc1. The zero-order valence-corrected chi connectivity index (χ0v) is 12.8. The van der Waals surface area contributed by atoms with E-state index in [0.717, 1.165) is 6.42 Å². The minimum absolute atomic E-state index is 0.0596. The third-order valence-corrected chi connectivity index (χ3v) is 3.98. The van der Waals surface area contributed by atoms with Gasteiger partial charge < -0.3 is 15.3 Å². The normalized spacial score (nSPS) is 15.5. The summed E-state index contributed by atoms with van der Waals surface area (Å²) in [6.07, 6.45) is 2.23. The van der Waals surface area contributed by atoms with Crippen LogP contribution >= 0.6 is 0 Å². The van der Waals surface area contributed by atoms with Crippen molar-refractivity contribution < 1.29 is 19.5 Å². The van der Waals surface area contributed by atoms with Gasteiger partial charge in [-0.15, -0.1) is 0 Å². The van der Waals surface area contributed by atoms with Crippen LogP contribution in [0.25, 0.3) is 0 Å². The van der Waals surface area contributed by atoms with Crippen LogP contribution in [0.15, 0.2) is 24.3 Å². The lowest BCUT2D eigenvalue weighted by Crippen LogP contribution is -2.54. The number of nitrogens with zero attached hydrogens (tertiary/aromatic N) is 1. The predicted octanol–water partition coefficient (Wildman–Crippen LogP) is 1.52. The first-order valence-corrected chi connectivity index (χ1v) is 7.19. The quantitative estimate of drug-likeness (QED) is 0.863. The molecule has 0 radical (unpaired) electrons. The van der Waals surface area contributed by atoms with Gasteiger partial charge in [0.1, 0.15) is 0 Å². The lowest BCUT2D eigenvalue weighted by molar-refractivity contribution is -0.139. The van der Waals surface area contributed by atoms with Crippen LogP contribution in [-0.4, -0.2) is 47.4 Å². The molecule has 0 spiro atoms. The van der Waals surface area contributed by atoms with Crippen molar-refractivity contribution in [2.24, 2.45) is 0 Å². The molecule has 2 rings (SSSR count). The summed E-state index contributed by atoms with van der Waals surface area (Å²) in [5, 5.41) is 11.8. The first-order valence-electron chi connectivity index (χ1n) is 7.19. The van der Waals surface area contributed by atoms with Crippen LogP contribution in [-0.2, 0) is 4.79 Å². The Morgan fingerprint density at radius 3 is 2.09 bits per heavy atom. The summed E-state index contributed by atoms with van der Waals surface area (Å²) in [7, 11) is 3.32. The second-order valence-electron chi connectivity index (χ2n) is 5.94. The van der Waals surface area contributed by atoms with E-state index in [1.165, 1.54) is 4.90 Å². The molecule has 0 unspecified atom stereocenters. The van der Waals surface area contributed by atoms with Gasteiger partial charge in [0, 0.05) is 25.2 Å². The van der Waals surface area contributed by atoms with E-state index in [9.17, 15) is 14.4 Å². The Bertz CT molecular complexity index is 589. The van der Waals surface area contributed by atoms with E-state index in [-0.39, 0.29) is 18.2 Å². The molecule has 0 aliphatic heterocycles. The van der Waals surface area contributed by atoms with Crippen LogP contribution in [0.2, 0.25) is 0 Å². The van der Waals surface area contributed by atoms with Gasteiger partial charge in [-0.05, 0) is 43.5 Å². The van der Waals surface area contributed by atoms with Gasteiger partial charge in [-0.2, -0.15) is 0 Å². The van der Waals surface area contributed by atoms with Gasteiger partial charge in [-0.3, -0.25) is 14.4 Å². The van der Waals surface area contributed by atoms with Crippen molar-refractivity contribution in [1.82, 2.24) is 10.2 Å². The van der Waals surface area contributed by atoms with Crippen molar-refractivity contribution in [3.8, 4) is 0 Å². The van der Waals surface area contributed by atoms with E-state index in [0.29, 0.717) is 24.0 Å². The number of aliphatic carboxylic acids is 1. The van der Waals surface area contributed by atoms with Crippen LogP contribution in [0, 0.1) is 0 Å². The third kappa shape index (κ3) is 3.44. The molecule has 1 aromatic carbocycles. The Kier molecular flexibility index (Phi) is 4.49. The Morgan fingerprint density at radius 2 is 1.68 bits per heavy atom. The van der Waals surface area contributed by atoms with E-state index in [4.69, 9.17) is 5.11 Å². The van der Waals surface area contributed by atoms with E-state index in [1.54, 1.807) is 38.4 Å². The Labute approximate surface area is 129 Å². The molecule has 1 aromatic rings. The molecule has 1 aliphatic carbocycles. The van der Waals surface area contributed by atoms with Crippen molar-refractivity contribution in [1.29, 1.82) is 0 Å². The van der Waals surface area contributed by atoms with Crippen molar-refractivity contribution in [2.45, 2.75) is 31.2 Å². The maximum Gasteiger partial charge on any atom is 0.305 e. The van der Waals surface area contributed by atoms with Crippen LogP contribution < -0.4 is 5.32 Å². The first-order chi connectivity index (χ1) is 10.3. The Morgan fingerprint density at radius 1 is 1.14 bits per heavy atom. The molecular formula is C16H20N2O4. The molecule has 2 N–H and O–H groups in total. The number of hydrogen-bond donors (Lipinski definition) is 2. The molecule has 2 amide bonds. The number of carboxylic acids is 1. The third-order valence-electron chi connectivity index (χ3n) is 3.98. The van der Waals surface area contributed by atoms with Gasteiger partial charge in [0.2, 0.25) is 0 Å². The van der Waals surface area contributed by atoms with Crippen LogP contribution in [0.5, 0.6) is 0 Å². The molecule has 118 valence electrons. The van der Waals surface area contributed by atoms with Crippen LogP contribution in [0.3, 0.4) is 0 Å². The molecule has 6 nitrogen and oxygen atoms in total. The molecule has 0 saturated heterocycles. The fraction of sp³-hybridized carbons (Fsp3) is 0.438. The first kappa shape index (κ1) is 16.0. The molecule has 1 saturated carbocycles. The monoisotopic (exact) mass is 304 g/mol. The average molecular weight is 304 g/mol. The second kappa shape index (κ2) is 6.17. The molecule has 1 aliphatic rings. The number of nitrogens with one attached hydrogen (secondary N) is 1. The van der Waals surface area contributed by atoms with Crippen molar-refractivity contribution in [2.75, 3.05) is 14.1 Å². The summed E-state index contributed by atoms with van der Waals surface area (Å²) in [5.41, 5.74) is 0.304. The molecule has 0 heterocycles. The Balaban J connectivity index is 2.07. The van der Waals surface area contributed by atoms with Gasteiger partial charge in [0.25, 0.3) is 11.8 Å². The smallest absolute Gasteiger partial charge is 0.305 e. The summed E-state index contributed by atoms with van der Waals surface area (Å²) in [6.45, 7) is 0. The summed E-state index contributed by atoms with van der Waals surface area (Å²) in [6, 6.07) is 6.36. The number of benzene rings is 1. The fourth-order valence-corrected chi connectivity index (χ4v) is 2.57. The zero-order chi connectivity index (χ0) is 16.3. The average Bonchev–Trinajstić information content (AvgIpc) is 2.43. The maximum atomic E-state index is 12.3. The summed E-state index contributed by atoms with van der Waals surface area (Å²) >= 11 is 0. The van der Waals surface area contributed by atoms with Crippen molar-refractivity contribution >= 4 is 17.8 Å². The van der Waals surface area contributed by atoms with Crippen molar-refractivity contribution in [3.63, 3.8) is 0 Å². The molecular weight excluding hydrogens is 284 g/mol. The summed E-state index contributed by atoms with van der Waals surface area (Å²) in [4.78, 5) is 36.4. The summed E-state index contributed by atoms with van der Waals surface area (Å²) in [5.74, 6) is -1.34. The van der Waals surface area contributed by atoms with E-state index < -0.39 is 11.5 Å². The Hall–Kier alpha value is -2.37. The number of rotatable bonds is 5. The molecule has 1 fully saturated rings. The second-order valence-corrected chi connectivity index (χ2v) is 5.94. The zero-order valence-electron chi connectivity index (χ0n) is 12.8. The van der Waals surface area contributed by atoms with Gasteiger partial charge in [0.05, 0.1) is 12.0 Å². The van der Waals surface area contributed by atoms with E-state index >= 15 is 0 Å². The molecule has 22 heavy (non-hydrogen) atoms. The largest absolute Gasteiger partial charge is 0.481 e.